The number of phosphoric ester groups is 1. The Labute approximate surface area is 221 Å². The predicted octanol–water partition coefficient (Wildman–Crippen LogP) is 8.85. The second-order valence-corrected chi connectivity index (χ2v) is 14.5. The SMILES string of the molecule is CCOP(=O)(OCC)OC(=C\SP(=S)(Oc1ccccc1)Oc1ccccc1)/C=C/c1ccccc1. The van der Waals surface area contributed by atoms with Gasteiger partial charge in [-0.05, 0) is 61.1 Å². The van der Waals surface area contributed by atoms with Gasteiger partial charge in [0.15, 0.2) is 0 Å². The maximum atomic E-state index is 13.1. The van der Waals surface area contributed by atoms with Gasteiger partial charge in [0.05, 0.1) is 13.2 Å². The predicted molar refractivity (Wildman–Crippen MR) is 152 cm³/mol. The molecule has 0 heterocycles. The van der Waals surface area contributed by atoms with Crippen LogP contribution in [0.5, 0.6) is 11.5 Å². The second kappa shape index (κ2) is 14.4. The van der Waals surface area contributed by atoms with Gasteiger partial charge < -0.3 is 13.6 Å². The second-order valence-electron chi connectivity index (χ2n) is 7.00. The highest BCUT2D eigenvalue weighted by molar-refractivity contribution is 8.69. The zero-order valence-corrected chi connectivity index (χ0v) is 23.4. The molecule has 3 aromatic rings. The number of rotatable bonds is 14. The van der Waals surface area contributed by atoms with E-state index in [1.54, 1.807) is 25.3 Å². The van der Waals surface area contributed by atoms with E-state index in [4.69, 9.17) is 34.4 Å². The molecule has 0 radical (unpaired) electrons. The van der Waals surface area contributed by atoms with Crippen LogP contribution in [0.4, 0.5) is 0 Å². The molecular weight excluding hydrogens is 534 g/mol. The molecule has 36 heavy (non-hydrogen) atoms. The van der Waals surface area contributed by atoms with Crippen molar-refractivity contribution in [3.8, 4) is 11.5 Å². The first-order valence-electron chi connectivity index (χ1n) is 11.2. The normalized spacial score (nSPS) is 12.4. The summed E-state index contributed by atoms with van der Waals surface area (Å²) in [5, 5.41) is 1.62. The zero-order chi connectivity index (χ0) is 25.7. The number of allylic oxidation sites excluding steroid dienone is 1. The Morgan fingerprint density at radius 1 is 0.806 bits per heavy atom. The van der Waals surface area contributed by atoms with E-state index in [0.717, 1.165) is 16.9 Å². The van der Waals surface area contributed by atoms with Crippen LogP contribution in [0.25, 0.3) is 6.08 Å². The van der Waals surface area contributed by atoms with E-state index < -0.39 is 13.5 Å². The monoisotopic (exact) mass is 562 g/mol. The van der Waals surface area contributed by atoms with E-state index >= 15 is 0 Å². The molecule has 3 aromatic carbocycles. The molecule has 0 aliphatic carbocycles. The summed E-state index contributed by atoms with van der Waals surface area (Å²) < 4.78 is 41.8. The standard InChI is InChI=1S/C26H28O6P2S2/c1-3-28-33(27,29-4-2)30-26(21-20-23-14-8-5-9-15-23)22-36-34(35,31-24-16-10-6-11-17-24)32-25-18-12-7-13-19-25/h5-22H,3-4H2,1-2H3/b21-20+,26-22-. The molecule has 0 aliphatic rings. The molecule has 0 aromatic heterocycles. The minimum Gasteiger partial charge on any atom is -0.428 e. The molecule has 0 N–H and O–H groups in total. The molecule has 3 rings (SSSR count). The Balaban J connectivity index is 1.93. The van der Waals surface area contributed by atoms with Crippen LogP contribution in [0.15, 0.2) is 108 Å². The van der Waals surface area contributed by atoms with Crippen LogP contribution >= 0.6 is 24.9 Å². The number of phosphoric acid groups is 1. The summed E-state index contributed by atoms with van der Waals surface area (Å²) in [6.07, 6.45) is 3.51. The molecule has 0 fully saturated rings. The molecule has 6 nitrogen and oxygen atoms in total. The molecule has 0 saturated carbocycles. The van der Waals surface area contributed by atoms with Crippen molar-refractivity contribution in [2.75, 3.05) is 13.2 Å². The fourth-order valence-corrected chi connectivity index (χ4v) is 7.64. The molecule has 0 atom stereocenters. The molecule has 0 aliphatic heterocycles. The highest BCUT2D eigenvalue weighted by Crippen LogP contribution is 2.61. The summed E-state index contributed by atoms with van der Waals surface area (Å²) in [5.74, 6) is 1.39. The number of hydrogen-bond acceptors (Lipinski definition) is 8. The average molecular weight is 563 g/mol. The van der Waals surface area contributed by atoms with Crippen molar-refractivity contribution < 1.29 is 27.2 Å². The first-order chi connectivity index (χ1) is 17.4. The van der Waals surface area contributed by atoms with Crippen molar-refractivity contribution in [2.45, 2.75) is 13.8 Å². The minimum atomic E-state index is -3.85. The summed E-state index contributed by atoms with van der Waals surface area (Å²) in [4.78, 5) is 0. The summed E-state index contributed by atoms with van der Waals surface area (Å²) in [7, 11) is -3.85. The first-order valence-corrected chi connectivity index (χ1v) is 16.8. The maximum Gasteiger partial charge on any atom is 0.530 e. The van der Waals surface area contributed by atoms with Crippen molar-refractivity contribution in [3.05, 3.63) is 114 Å². The number of benzene rings is 3. The van der Waals surface area contributed by atoms with Gasteiger partial charge in [0.25, 0.3) is 0 Å². The van der Waals surface area contributed by atoms with Crippen molar-refractivity contribution in [1.82, 2.24) is 0 Å². The van der Waals surface area contributed by atoms with Crippen LogP contribution in [0.1, 0.15) is 19.4 Å². The Hall–Kier alpha value is -2.31. The Bertz CT molecular complexity index is 1170. The van der Waals surface area contributed by atoms with Gasteiger partial charge in [-0.15, -0.1) is 0 Å². The van der Waals surface area contributed by atoms with Gasteiger partial charge in [0, 0.05) is 17.2 Å². The molecule has 0 amide bonds. The third kappa shape index (κ3) is 9.62. The Morgan fingerprint density at radius 2 is 1.28 bits per heavy atom. The molecule has 0 unspecified atom stereocenters. The van der Waals surface area contributed by atoms with Gasteiger partial charge in [0.1, 0.15) is 17.3 Å². The van der Waals surface area contributed by atoms with E-state index in [-0.39, 0.29) is 19.0 Å². The van der Waals surface area contributed by atoms with Crippen LogP contribution in [-0.2, 0) is 29.9 Å². The lowest BCUT2D eigenvalue weighted by molar-refractivity contribution is 0.148. The topological polar surface area (TPSA) is 63.2 Å². The average Bonchev–Trinajstić information content (AvgIpc) is 2.88. The van der Waals surface area contributed by atoms with E-state index in [0.29, 0.717) is 11.5 Å². The van der Waals surface area contributed by atoms with Crippen molar-refractivity contribution in [3.63, 3.8) is 0 Å². The lowest BCUT2D eigenvalue weighted by Gasteiger charge is -2.22. The van der Waals surface area contributed by atoms with Gasteiger partial charge in [-0.3, -0.25) is 9.05 Å². The van der Waals surface area contributed by atoms with E-state index in [2.05, 4.69) is 0 Å². The molecule has 10 heteroatoms. The van der Waals surface area contributed by atoms with Crippen LogP contribution in [0.3, 0.4) is 0 Å². The summed E-state index contributed by atoms with van der Waals surface area (Å²) in [6.45, 7) is 3.75. The van der Waals surface area contributed by atoms with Gasteiger partial charge in [-0.1, -0.05) is 72.8 Å². The fourth-order valence-electron chi connectivity index (χ4n) is 2.77. The third-order valence-electron chi connectivity index (χ3n) is 4.25. The minimum absolute atomic E-state index is 0.159. The summed E-state index contributed by atoms with van der Waals surface area (Å²) >= 11 is 7.02. The molecule has 0 bridgehead atoms. The molecule has 190 valence electrons. The van der Waals surface area contributed by atoms with E-state index in [1.807, 2.05) is 97.1 Å². The zero-order valence-electron chi connectivity index (χ0n) is 20.0. The van der Waals surface area contributed by atoms with Crippen molar-refractivity contribution in [1.29, 1.82) is 0 Å². The van der Waals surface area contributed by atoms with Gasteiger partial charge in [-0.2, -0.15) is 0 Å². The highest BCUT2D eigenvalue weighted by Gasteiger charge is 2.29. The third-order valence-corrected chi connectivity index (χ3v) is 10.1. The Kier molecular flexibility index (Phi) is 11.3. The molecule has 0 spiro atoms. The Morgan fingerprint density at radius 3 is 1.75 bits per heavy atom. The first kappa shape index (κ1) is 28.3. The fraction of sp³-hybridized carbons (Fsp3) is 0.154. The largest absolute Gasteiger partial charge is 0.530 e. The van der Waals surface area contributed by atoms with E-state index in [9.17, 15) is 4.57 Å². The molecular formula is C26H28O6P2S2. The van der Waals surface area contributed by atoms with Crippen LogP contribution in [0.2, 0.25) is 0 Å². The van der Waals surface area contributed by atoms with Crippen LogP contribution in [-0.4, -0.2) is 13.2 Å². The van der Waals surface area contributed by atoms with Gasteiger partial charge in [0.2, 0.25) is 0 Å². The van der Waals surface area contributed by atoms with Crippen molar-refractivity contribution in [2.24, 2.45) is 0 Å². The molecule has 0 saturated heterocycles. The quantitative estimate of drug-likeness (QED) is 0.110. The van der Waals surface area contributed by atoms with Crippen molar-refractivity contribution >= 4 is 42.8 Å². The van der Waals surface area contributed by atoms with Gasteiger partial charge >= 0.3 is 13.5 Å². The van der Waals surface area contributed by atoms with E-state index in [1.165, 1.54) is 0 Å². The van der Waals surface area contributed by atoms with Crippen LogP contribution < -0.4 is 9.05 Å². The summed E-state index contributed by atoms with van der Waals surface area (Å²) in [6, 6.07) is 28.1. The summed E-state index contributed by atoms with van der Waals surface area (Å²) in [5.41, 5.74) is -2.09. The lowest BCUT2D eigenvalue weighted by atomic mass is 10.2. The highest BCUT2D eigenvalue weighted by atomic mass is 32.9. The van der Waals surface area contributed by atoms with Crippen LogP contribution in [0, 0.1) is 0 Å². The lowest BCUT2D eigenvalue weighted by Crippen LogP contribution is -2.00. The van der Waals surface area contributed by atoms with Gasteiger partial charge in [-0.25, -0.2) is 4.57 Å². The maximum absolute atomic E-state index is 13.1. The smallest absolute Gasteiger partial charge is 0.428 e. The number of para-hydroxylation sites is 2. The number of hydrogen-bond donors (Lipinski definition) is 0.